The Morgan fingerprint density at radius 1 is 0.514 bits per heavy atom. The van der Waals surface area contributed by atoms with Crippen LogP contribution in [0.4, 0.5) is 0 Å². The van der Waals surface area contributed by atoms with Gasteiger partial charge in [-0.2, -0.15) is 0 Å². The van der Waals surface area contributed by atoms with Crippen LogP contribution in [-0.4, -0.2) is 68.5 Å². The van der Waals surface area contributed by atoms with Gasteiger partial charge in [0.2, 0.25) is 5.91 Å². The van der Waals surface area contributed by atoms with E-state index in [1.165, 1.54) is 64.2 Å². The van der Waals surface area contributed by atoms with Crippen molar-refractivity contribution >= 4 is 13.7 Å². The molecule has 2 N–H and O–H groups in total. The van der Waals surface area contributed by atoms with E-state index >= 15 is 0 Å². The summed E-state index contributed by atoms with van der Waals surface area (Å²) in [5.74, 6) is -0.226. The lowest BCUT2D eigenvalue weighted by molar-refractivity contribution is -0.870. The van der Waals surface area contributed by atoms with Gasteiger partial charge in [-0.05, 0) is 103 Å². The Labute approximate surface area is 430 Å². The van der Waals surface area contributed by atoms with Crippen molar-refractivity contribution < 1.29 is 32.9 Å². The third-order valence-corrected chi connectivity index (χ3v) is 12.3. The van der Waals surface area contributed by atoms with Crippen molar-refractivity contribution in [3.05, 3.63) is 134 Å². The number of aliphatic hydroxyl groups is 1. The normalized spacial score (nSPS) is 15.0. The number of aliphatic hydroxyl groups excluding tert-OH is 1. The lowest BCUT2D eigenvalue weighted by atomic mass is 10.1. The van der Waals surface area contributed by atoms with Gasteiger partial charge in [-0.25, -0.2) is 0 Å². The predicted octanol–water partition coefficient (Wildman–Crippen LogP) is 16.1. The molecule has 3 unspecified atom stereocenters. The molecule has 0 aromatic rings. The molecule has 0 fully saturated rings. The van der Waals surface area contributed by atoms with Gasteiger partial charge in [-0.3, -0.25) is 9.36 Å². The maximum absolute atomic E-state index is 12.9. The van der Waals surface area contributed by atoms with Crippen molar-refractivity contribution in [2.75, 3.05) is 40.9 Å². The van der Waals surface area contributed by atoms with Crippen LogP contribution in [0.1, 0.15) is 194 Å². The summed E-state index contributed by atoms with van der Waals surface area (Å²) in [6.07, 6.45) is 76.7. The predicted molar refractivity (Wildman–Crippen MR) is 302 cm³/mol. The third-order valence-electron chi connectivity index (χ3n) is 11.3. The first kappa shape index (κ1) is 66.6. The van der Waals surface area contributed by atoms with Gasteiger partial charge in [-0.1, -0.05) is 218 Å². The minimum Gasteiger partial charge on any atom is -0.756 e. The van der Waals surface area contributed by atoms with Crippen molar-refractivity contribution in [2.45, 2.75) is 206 Å². The van der Waals surface area contributed by atoms with Gasteiger partial charge >= 0.3 is 0 Å². The topological polar surface area (TPSA) is 108 Å². The molecule has 0 rings (SSSR count). The summed E-state index contributed by atoms with van der Waals surface area (Å²) in [5, 5.41) is 13.8. The number of amides is 1. The maximum Gasteiger partial charge on any atom is 0.268 e. The number of phosphoric acid groups is 1. The number of carbonyl (C=O) groups excluding carboxylic acids is 1. The lowest BCUT2D eigenvalue weighted by Gasteiger charge is -2.29. The molecule has 0 spiro atoms. The first-order chi connectivity index (χ1) is 34.0. The van der Waals surface area contributed by atoms with Crippen molar-refractivity contribution in [3.63, 3.8) is 0 Å². The number of hydrogen-bond donors (Lipinski definition) is 2. The fraction of sp³-hybridized carbons (Fsp3) is 0.623. The standard InChI is InChI=1S/C61H103N2O6P/c1-6-8-10-12-14-16-18-20-21-22-23-24-25-26-27-28-29-30-31-32-33-34-35-36-37-38-39-40-41-43-45-47-49-51-53-55-61(65)62-59(58-69-70(66,67)68-57-56-63(3,4)5)60(64)54-52-50-48-46-44-42-19-17-15-13-11-9-7-2/h8,10,14,16,20-21,23-24,26-27,29-30,32-33,35-36,38-39,44,46,52,54,59-60,64H,6-7,9,11-13,15,17-19,22,25,28,31,34,37,40-43,45,47-51,53,55-58H2,1-5H3,(H-,62,65,66,67)/b10-8-,16-14-,21-20-,24-23-,27-26-,30-29-,33-32-,36-35-,39-38-,46-44+,54-52+. The van der Waals surface area contributed by atoms with Gasteiger partial charge in [0.15, 0.2) is 0 Å². The third kappa shape index (κ3) is 52.5. The molecular formula is C61H103N2O6P. The fourth-order valence-electron chi connectivity index (χ4n) is 7.04. The van der Waals surface area contributed by atoms with Gasteiger partial charge in [-0.15, -0.1) is 0 Å². The smallest absolute Gasteiger partial charge is 0.268 e. The van der Waals surface area contributed by atoms with Gasteiger partial charge < -0.3 is 28.8 Å². The molecule has 0 saturated heterocycles. The van der Waals surface area contributed by atoms with Gasteiger partial charge in [0.1, 0.15) is 13.2 Å². The maximum atomic E-state index is 12.9. The van der Waals surface area contributed by atoms with Crippen LogP contribution in [0.25, 0.3) is 0 Å². The molecule has 398 valence electrons. The Balaban J connectivity index is 4.23. The van der Waals surface area contributed by atoms with Crippen LogP contribution in [0.2, 0.25) is 0 Å². The molecule has 0 saturated carbocycles. The van der Waals surface area contributed by atoms with Gasteiger partial charge in [0, 0.05) is 6.42 Å². The van der Waals surface area contributed by atoms with Crippen LogP contribution in [0.15, 0.2) is 134 Å². The zero-order valence-electron chi connectivity index (χ0n) is 45.2. The van der Waals surface area contributed by atoms with E-state index in [0.29, 0.717) is 17.4 Å². The summed E-state index contributed by atoms with van der Waals surface area (Å²) in [6, 6.07) is -0.918. The molecule has 70 heavy (non-hydrogen) atoms. The van der Waals surface area contributed by atoms with E-state index in [-0.39, 0.29) is 12.5 Å². The number of phosphoric ester groups is 1. The molecule has 0 aromatic heterocycles. The molecule has 9 heteroatoms. The number of allylic oxidation sites excluding steroid dienone is 21. The first-order valence-electron chi connectivity index (χ1n) is 27.5. The number of rotatable bonds is 48. The minimum atomic E-state index is -4.61. The van der Waals surface area contributed by atoms with Crippen molar-refractivity contribution in [2.24, 2.45) is 0 Å². The highest BCUT2D eigenvalue weighted by molar-refractivity contribution is 7.45. The zero-order chi connectivity index (χ0) is 51.3. The molecule has 8 nitrogen and oxygen atoms in total. The van der Waals surface area contributed by atoms with Crippen LogP contribution in [0.3, 0.4) is 0 Å². The summed E-state index contributed by atoms with van der Waals surface area (Å²) in [4.78, 5) is 25.4. The van der Waals surface area contributed by atoms with Crippen LogP contribution in [-0.2, 0) is 18.4 Å². The number of nitrogens with zero attached hydrogens (tertiary/aromatic N) is 1. The van der Waals surface area contributed by atoms with Crippen molar-refractivity contribution in [1.29, 1.82) is 0 Å². The molecule has 0 aliphatic heterocycles. The van der Waals surface area contributed by atoms with E-state index in [1.54, 1.807) is 6.08 Å². The first-order valence-corrected chi connectivity index (χ1v) is 29.0. The number of carbonyl (C=O) groups is 1. The molecule has 3 atom stereocenters. The molecule has 0 aliphatic carbocycles. The molecule has 0 radical (unpaired) electrons. The average Bonchev–Trinajstić information content (AvgIpc) is 3.32. The monoisotopic (exact) mass is 991 g/mol. The molecule has 1 amide bonds. The molecule has 0 aliphatic rings. The Kier molecular flexibility index (Phi) is 48.1. The summed E-state index contributed by atoms with van der Waals surface area (Å²) >= 11 is 0. The van der Waals surface area contributed by atoms with Gasteiger partial charge in [0.25, 0.3) is 7.82 Å². The largest absolute Gasteiger partial charge is 0.756 e. The minimum absolute atomic E-state index is 0.0160. The van der Waals surface area contributed by atoms with E-state index in [0.717, 1.165) is 109 Å². The quantitative estimate of drug-likeness (QED) is 0.0272. The second kappa shape index (κ2) is 50.6. The Morgan fingerprint density at radius 2 is 0.886 bits per heavy atom. The highest BCUT2D eigenvalue weighted by Gasteiger charge is 2.23. The molecule has 0 heterocycles. The Hall–Kier alpha value is -3.36. The fourth-order valence-corrected chi connectivity index (χ4v) is 7.76. The summed E-state index contributed by atoms with van der Waals surface area (Å²) < 4.78 is 23.2. The number of hydrogen-bond acceptors (Lipinski definition) is 6. The highest BCUT2D eigenvalue weighted by atomic mass is 31.2. The summed E-state index contributed by atoms with van der Waals surface area (Å²) in [7, 11) is 1.21. The SMILES string of the molecule is CC/C=C\C/C=C\C/C=C\C/C=C\C/C=C\C/C=C\C/C=C\C/C=C\C/C=C\CCCCCCCCCC(=O)NC(COP(=O)([O-])OCC[N+](C)(C)C)C(O)/C=C/CC/C=C/CCCCCCCCC. The van der Waals surface area contributed by atoms with Gasteiger partial charge in [0.05, 0.1) is 39.9 Å². The van der Waals surface area contributed by atoms with E-state index < -0.39 is 26.6 Å². The average molecular weight is 991 g/mol. The van der Waals surface area contributed by atoms with Crippen LogP contribution < -0.4 is 10.2 Å². The second-order valence-electron chi connectivity index (χ2n) is 19.2. The number of quaternary nitrogens is 1. The molecule has 0 aromatic carbocycles. The van der Waals surface area contributed by atoms with Crippen LogP contribution in [0, 0.1) is 0 Å². The van der Waals surface area contributed by atoms with E-state index in [2.05, 4.69) is 141 Å². The van der Waals surface area contributed by atoms with E-state index in [1.807, 2.05) is 27.2 Å². The Bertz CT molecular complexity index is 1590. The number of unbranched alkanes of at least 4 members (excludes halogenated alkanes) is 15. The Morgan fingerprint density at radius 3 is 1.33 bits per heavy atom. The second-order valence-corrected chi connectivity index (χ2v) is 20.6. The van der Waals surface area contributed by atoms with E-state index in [9.17, 15) is 19.4 Å². The summed E-state index contributed by atoms with van der Waals surface area (Å²) in [6.45, 7) is 4.46. The zero-order valence-corrected chi connectivity index (χ0v) is 46.1. The lowest BCUT2D eigenvalue weighted by Crippen LogP contribution is -2.45. The molecular weight excluding hydrogens is 888 g/mol. The molecule has 0 bridgehead atoms. The van der Waals surface area contributed by atoms with Crippen LogP contribution >= 0.6 is 7.82 Å². The van der Waals surface area contributed by atoms with Crippen molar-refractivity contribution in [1.82, 2.24) is 5.32 Å². The van der Waals surface area contributed by atoms with Crippen molar-refractivity contribution in [3.8, 4) is 0 Å². The van der Waals surface area contributed by atoms with Crippen LogP contribution in [0.5, 0.6) is 0 Å². The van der Waals surface area contributed by atoms with E-state index in [4.69, 9.17) is 9.05 Å². The summed E-state index contributed by atoms with van der Waals surface area (Å²) in [5.41, 5.74) is 0. The number of likely N-dealkylation sites (N-methyl/N-ethyl adjacent to an activating group) is 1. The highest BCUT2D eigenvalue weighted by Crippen LogP contribution is 2.38. The number of nitrogens with one attached hydrogen (secondary N) is 1.